The van der Waals surface area contributed by atoms with E-state index in [1.54, 1.807) is 11.3 Å². The van der Waals surface area contributed by atoms with Crippen molar-refractivity contribution in [1.29, 1.82) is 0 Å². The first kappa shape index (κ1) is 18.6. The van der Waals surface area contributed by atoms with Crippen LogP contribution in [-0.2, 0) is 29.7 Å². The fraction of sp³-hybridized carbons (Fsp3) is 0.650. The minimum Gasteiger partial charge on any atom is -0.340 e. The van der Waals surface area contributed by atoms with Gasteiger partial charge in [-0.3, -0.25) is 9.69 Å². The van der Waals surface area contributed by atoms with E-state index in [2.05, 4.69) is 45.5 Å². The molecule has 1 atom stereocenters. The highest BCUT2D eigenvalue weighted by Gasteiger charge is 2.30. The summed E-state index contributed by atoms with van der Waals surface area (Å²) in [5.74, 6) is 0.444. The predicted molar refractivity (Wildman–Crippen MR) is 107 cm³/mol. The van der Waals surface area contributed by atoms with Crippen LogP contribution in [0.5, 0.6) is 0 Å². The normalized spacial score (nSPS) is 21.3. The van der Waals surface area contributed by atoms with Crippen molar-refractivity contribution in [2.45, 2.75) is 52.1 Å². The third-order valence-electron chi connectivity index (χ3n) is 5.58. The van der Waals surface area contributed by atoms with Crippen molar-refractivity contribution in [2.24, 2.45) is 5.92 Å². The van der Waals surface area contributed by atoms with Gasteiger partial charge in [-0.1, -0.05) is 20.8 Å². The SMILES string of the molecule is CC(C)(C)c1nc(CN2CCN(C(=O)[C@H]3CCn4cncc4C3)CC2)cs1. The number of carbonyl (C=O) groups is 1. The summed E-state index contributed by atoms with van der Waals surface area (Å²) in [6.07, 6.45) is 5.53. The molecule has 146 valence electrons. The van der Waals surface area contributed by atoms with Gasteiger partial charge in [-0.2, -0.15) is 0 Å². The molecule has 4 heterocycles. The first-order valence-corrected chi connectivity index (χ1v) is 10.7. The number of aryl methyl sites for hydroxylation is 1. The first-order chi connectivity index (χ1) is 12.9. The highest BCUT2D eigenvalue weighted by atomic mass is 32.1. The van der Waals surface area contributed by atoms with Crippen LogP contribution in [0.4, 0.5) is 0 Å². The van der Waals surface area contributed by atoms with Crippen LogP contribution >= 0.6 is 11.3 Å². The van der Waals surface area contributed by atoms with Crippen molar-refractivity contribution in [3.05, 3.63) is 34.3 Å². The maximum absolute atomic E-state index is 12.9. The summed E-state index contributed by atoms with van der Waals surface area (Å²) in [4.78, 5) is 26.4. The van der Waals surface area contributed by atoms with Crippen molar-refractivity contribution >= 4 is 17.2 Å². The van der Waals surface area contributed by atoms with Gasteiger partial charge in [0.15, 0.2) is 0 Å². The van der Waals surface area contributed by atoms with Gasteiger partial charge >= 0.3 is 0 Å². The van der Waals surface area contributed by atoms with Crippen LogP contribution in [0.1, 0.15) is 43.6 Å². The van der Waals surface area contributed by atoms with E-state index in [9.17, 15) is 4.79 Å². The van der Waals surface area contributed by atoms with Gasteiger partial charge in [0.2, 0.25) is 5.91 Å². The van der Waals surface area contributed by atoms with Crippen molar-refractivity contribution in [3.63, 3.8) is 0 Å². The summed E-state index contributed by atoms with van der Waals surface area (Å²) >= 11 is 1.76. The van der Waals surface area contributed by atoms with E-state index in [-0.39, 0.29) is 11.3 Å². The van der Waals surface area contributed by atoms with E-state index < -0.39 is 0 Å². The molecular formula is C20H29N5OS. The molecule has 0 N–H and O–H groups in total. The van der Waals surface area contributed by atoms with Crippen LogP contribution in [-0.4, -0.2) is 56.4 Å². The van der Waals surface area contributed by atoms with Gasteiger partial charge in [-0.25, -0.2) is 9.97 Å². The lowest BCUT2D eigenvalue weighted by molar-refractivity contribution is -0.138. The van der Waals surface area contributed by atoms with Crippen LogP contribution in [0.3, 0.4) is 0 Å². The molecule has 0 spiro atoms. The van der Waals surface area contributed by atoms with Gasteiger partial charge in [0.1, 0.15) is 0 Å². The number of hydrogen-bond acceptors (Lipinski definition) is 5. The van der Waals surface area contributed by atoms with Gasteiger partial charge in [0.05, 0.1) is 17.0 Å². The molecule has 1 saturated heterocycles. The number of amides is 1. The largest absolute Gasteiger partial charge is 0.340 e. The summed E-state index contributed by atoms with van der Waals surface area (Å²) < 4.78 is 2.17. The molecule has 0 saturated carbocycles. The monoisotopic (exact) mass is 387 g/mol. The Hall–Kier alpha value is -1.73. The minimum atomic E-state index is 0.114. The molecule has 7 heteroatoms. The Morgan fingerprint density at radius 1 is 1.22 bits per heavy atom. The Morgan fingerprint density at radius 2 is 2.00 bits per heavy atom. The number of nitrogens with zero attached hydrogens (tertiary/aromatic N) is 5. The second kappa shape index (κ2) is 7.36. The lowest BCUT2D eigenvalue weighted by Gasteiger charge is -2.37. The van der Waals surface area contributed by atoms with Crippen molar-refractivity contribution < 1.29 is 4.79 Å². The van der Waals surface area contributed by atoms with Gasteiger partial charge in [0, 0.05) is 74.3 Å². The smallest absolute Gasteiger partial charge is 0.226 e. The molecule has 1 fully saturated rings. The van der Waals surface area contributed by atoms with E-state index >= 15 is 0 Å². The molecule has 6 nitrogen and oxygen atoms in total. The Bertz CT molecular complexity index is 797. The predicted octanol–water partition coefficient (Wildman–Crippen LogP) is 2.54. The topological polar surface area (TPSA) is 54.3 Å². The van der Waals surface area contributed by atoms with Crippen molar-refractivity contribution in [2.75, 3.05) is 26.2 Å². The van der Waals surface area contributed by atoms with Crippen LogP contribution < -0.4 is 0 Å². The standard InChI is InChI=1S/C20H29N5OS/c1-20(2,3)19-22-16(13-27-19)12-23-6-8-24(9-7-23)18(26)15-4-5-25-14-21-11-17(25)10-15/h11,13-15H,4-10,12H2,1-3H3/t15-/m0/s1. The van der Waals surface area contributed by atoms with Gasteiger partial charge in [-0.05, 0) is 6.42 Å². The third-order valence-corrected chi connectivity index (χ3v) is 6.90. The maximum Gasteiger partial charge on any atom is 0.226 e. The average molecular weight is 388 g/mol. The molecule has 27 heavy (non-hydrogen) atoms. The molecule has 0 unspecified atom stereocenters. The molecule has 4 rings (SSSR count). The number of aromatic nitrogens is 3. The number of fused-ring (bicyclic) bond motifs is 1. The summed E-state index contributed by atoms with van der Waals surface area (Å²) in [7, 11) is 0. The highest BCUT2D eigenvalue weighted by molar-refractivity contribution is 7.09. The Labute approximate surface area is 165 Å². The Balaban J connectivity index is 1.29. The zero-order valence-electron chi connectivity index (χ0n) is 16.5. The molecule has 0 aliphatic carbocycles. The summed E-state index contributed by atoms with van der Waals surface area (Å²) in [6, 6.07) is 0. The van der Waals surface area contributed by atoms with E-state index in [0.29, 0.717) is 5.91 Å². The lowest BCUT2D eigenvalue weighted by atomic mass is 9.94. The van der Waals surface area contributed by atoms with E-state index in [4.69, 9.17) is 4.98 Å². The summed E-state index contributed by atoms with van der Waals surface area (Å²) in [5.41, 5.74) is 2.46. The molecule has 2 aliphatic heterocycles. The van der Waals surface area contributed by atoms with Gasteiger partial charge < -0.3 is 9.47 Å². The average Bonchev–Trinajstić information content (AvgIpc) is 3.30. The maximum atomic E-state index is 12.9. The van der Waals surface area contributed by atoms with E-state index in [0.717, 1.165) is 57.8 Å². The van der Waals surface area contributed by atoms with Crippen LogP contribution in [0.2, 0.25) is 0 Å². The van der Waals surface area contributed by atoms with Crippen molar-refractivity contribution in [1.82, 2.24) is 24.3 Å². The lowest BCUT2D eigenvalue weighted by Crippen LogP contribution is -2.50. The van der Waals surface area contributed by atoms with Crippen LogP contribution in [0, 0.1) is 5.92 Å². The molecule has 1 amide bonds. The van der Waals surface area contributed by atoms with E-state index in [1.165, 1.54) is 10.7 Å². The molecule has 0 aromatic carbocycles. The number of carbonyl (C=O) groups excluding carboxylic acids is 1. The second-order valence-electron chi connectivity index (χ2n) is 8.76. The second-order valence-corrected chi connectivity index (χ2v) is 9.62. The van der Waals surface area contributed by atoms with Crippen LogP contribution in [0.15, 0.2) is 17.9 Å². The summed E-state index contributed by atoms with van der Waals surface area (Å²) in [6.45, 7) is 11.9. The van der Waals surface area contributed by atoms with E-state index in [1.807, 2.05) is 12.5 Å². The zero-order chi connectivity index (χ0) is 19.0. The zero-order valence-corrected chi connectivity index (χ0v) is 17.3. The van der Waals surface area contributed by atoms with Crippen molar-refractivity contribution in [3.8, 4) is 0 Å². The quantitative estimate of drug-likeness (QED) is 0.812. The van der Waals surface area contributed by atoms with Crippen LogP contribution in [0.25, 0.3) is 0 Å². The number of imidazole rings is 1. The fourth-order valence-corrected chi connectivity index (χ4v) is 4.82. The number of hydrogen-bond donors (Lipinski definition) is 0. The highest BCUT2D eigenvalue weighted by Crippen LogP contribution is 2.26. The molecule has 2 aromatic heterocycles. The Morgan fingerprint density at radius 3 is 2.70 bits per heavy atom. The molecule has 2 aliphatic rings. The fourth-order valence-electron chi connectivity index (χ4n) is 3.92. The minimum absolute atomic E-state index is 0.114. The number of rotatable bonds is 3. The van der Waals surface area contributed by atoms with Gasteiger partial charge in [-0.15, -0.1) is 11.3 Å². The third kappa shape index (κ3) is 4.09. The number of thiazole rings is 1. The Kier molecular flexibility index (Phi) is 5.07. The van der Waals surface area contributed by atoms with Gasteiger partial charge in [0.25, 0.3) is 0 Å². The molecule has 0 radical (unpaired) electrons. The number of piperazine rings is 1. The molecule has 0 bridgehead atoms. The summed E-state index contributed by atoms with van der Waals surface area (Å²) in [5, 5.41) is 3.38. The first-order valence-electron chi connectivity index (χ1n) is 9.85. The molecular weight excluding hydrogens is 358 g/mol. The molecule has 2 aromatic rings.